The Bertz CT molecular complexity index is 472. The zero-order valence-corrected chi connectivity index (χ0v) is 13.7. The number of hydrogen-bond donors (Lipinski definition) is 1. The molecule has 1 N–H and O–H groups in total. The molecule has 0 bridgehead atoms. The number of rotatable bonds is 7. The lowest BCUT2D eigenvalue weighted by Crippen LogP contribution is -2.37. The first kappa shape index (κ1) is 16.3. The highest BCUT2D eigenvalue weighted by molar-refractivity contribution is 7.14. The molecule has 2 heterocycles. The Labute approximate surface area is 130 Å². The van der Waals surface area contributed by atoms with Crippen LogP contribution in [0.5, 0.6) is 5.75 Å². The van der Waals surface area contributed by atoms with Crippen molar-refractivity contribution in [2.24, 2.45) is 0 Å². The molecule has 1 aliphatic heterocycles. The van der Waals surface area contributed by atoms with E-state index in [2.05, 4.69) is 18.9 Å². The van der Waals surface area contributed by atoms with Gasteiger partial charge in [-0.25, -0.2) is 4.79 Å². The highest BCUT2D eigenvalue weighted by Gasteiger charge is 2.20. The van der Waals surface area contributed by atoms with Gasteiger partial charge in [-0.2, -0.15) is 0 Å². The average Bonchev–Trinajstić information content (AvgIpc) is 2.85. The number of aryl methyl sites for hydroxylation is 1. The van der Waals surface area contributed by atoms with Gasteiger partial charge in [0.15, 0.2) is 4.88 Å². The Balaban J connectivity index is 1.91. The molecule has 118 valence electrons. The monoisotopic (exact) mass is 311 g/mol. The molecule has 1 fully saturated rings. The molecule has 0 radical (unpaired) electrons. The molecule has 21 heavy (non-hydrogen) atoms. The molecule has 0 aromatic carbocycles. The third kappa shape index (κ3) is 4.45. The number of hydrogen-bond acceptors (Lipinski definition) is 4. The first-order valence-corrected chi connectivity index (χ1v) is 8.62. The molecular weight excluding hydrogens is 286 g/mol. The maximum absolute atomic E-state index is 11.3. The van der Waals surface area contributed by atoms with Crippen LogP contribution in [0.15, 0.2) is 6.07 Å². The molecule has 1 aliphatic rings. The van der Waals surface area contributed by atoms with E-state index in [-0.39, 0.29) is 0 Å². The molecule has 4 nitrogen and oxygen atoms in total. The summed E-state index contributed by atoms with van der Waals surface area (Å²) in [5, 5.41) is 9.26. The molecule has 1 aromatic heterocycles. The van der Waals surface area contributed by atoms with Crippen LogP contribution < -0.4 is 4.74 Å². The largest absolute Gasteiger partial charge is 0.492 e. The second-order valence-corrected chi connectivity index (χ2v) is 6.87. The number of thiophene rings is 1. The second-order valence-electron chi connectivity index (χ2n) is 5.73. The van der Waals surface area contributed by atoms with E-state index >= 15 is 0 Å². The van der Waals surface area contributed by atoms with Gasteiger partial charge in [-0.05, 0) is 45.3 Å². The Hall–Kier alpha value is -1.07. The van der Waals surface area contributed by atoms with Gasteiger partial charge in [0.25, 0.3) is 0 Å². The second kappa shape index (κ2) is 7.80. The lowest BCUT2D eigenvalue weighted by molar-refractivity contribution is 0.0697. The van der Waals surface area contributed by atoms with Crippen molar-refractivity contribution in [3.63, 3.8) is 0 Å². The molecule has 1 saturated heterocycles. The van der Waals surface area contributed by atoms with Gasteiger partial charge < -0.3 is 14.7 Å². The highest BCUT2D eigenvalue weighted by atomic mass is 32.1. The first-order chi connectivity index (χ1) is 10.1. The van der Waals surface area contributed by atoms with Crippen LogP contribution >= 0.6 is 11.3 Å². The molecule has 5 heteroatoms. The van der Waals surface area contributed by atoms with Gasteiger partial charge in [0.2, 0.25) is 0 Å². The Morgan fingerprint density at radius 1 is 1.52 bits per heavy atom. The van der Waals surface area contributed by atoms with E-state index in [1.807, 2.05) is 6.07 Å². The number of nitrogens with zero attached hydrogens (tertiary/aromatic N) is 1. The van der Waals surface area contributed by atoms with Crippen molar-refractivity contribution in [2.45, 2.75) is 51.5 Å². The lowest BCUT2D eigenvalue weighted by Gasteiger charge is -2.32. The van der Waals surface area contributed by atoms with Gasteiger partial charge >= 0.3 is 5.97 Å². The fourth-order valence-electron chi connectivity index (χ4n) is 2.86. The van der Waals surface area contributed by atoms with Crippen molar-refractivity contribution in [3.8, 4) is 5.75 Å². The van der Waals surface area contributed by atoms with E-state index in [0.717, 1.165) is 30.7 Å². The number of likely N-dealkylation sites (tertiary alicyclic amines) is 1. The van der Waals surface area contributed by atoms with Crippen LogP contribution in [-0.2, 0) is 6.42 Å². The maximum atomic E-state index is 11.3. The zero-order valence-electron chi connectivity index (χ0n) is 12.9. The molecule has 0 spiro atoms. The first-order valence-electron chi connectivity index (χ1n) is 7.80. The van der Waals surface area contributed by atoms with E-state index in [4.69, 9.17) is 4.74 Å². The standard InChI is InChI=1S/C16H25NO3S/c1-3-6-13-11-14(15(21-13)16(18)19)20-10-8-12-7-4-5-9-17(12)2/h11-12H,3-10H2,1-2H3,(H,18,19). The minimum Gasteiger partial charge on any atom is -0.492 e. The van der Waals surface area contributed by atoms with E-state index in [9.17, 15) is 9.90 Å². The van der Waals surface area contributed by atoms with E-state index < -0.39 is 5.97 Å². The van der Waals surface area contributed by atoms with E-state index in [0.29, 0.717) is 23.3 Å². The highest BCUT2D eigenvalue weighted by Crippen LogP contribution is 2.30. The fraction of sp³-hybridized carbons (Fsp3) is 0.688. The van der Waals surface area contributed by atoms with Crippen molar-refractivity contribution in [1.29, 1.82) is 0 Å². The molecule has 1 aromatic rings. The van der Waals surface area contributed by atoms with Gasteiger partial charge in [0.05, 0.1) is 6.61 Å². The Morgan fingerprint density at radius 3 is 3.00 bits per heavy atom. The SMILES string of the molecule is CCCc1cc(OCCC2CCCCN2C)c(C(=O)O)s1. The maximum Gasteiger partial charge on any atom is 0.349 e. The summed E-state index contributed by atoms with van der Waals surface area (Å²) in [6.45, 7) is 3.85. The summed E-state index contributed by atoms with van der Waals surface area (Å²) in [5.41, 5.74) is 0. The summed E-state index contributed by atoms with van der Waals surface area (Å²) in [6, 6.07) is 2.48. The van der Waals surface area contributed by atoms with Crippen molar-refractivity contribution < 1.29 is 14.6 Å². The fourth-order valence-corrected chi connectivity index (χ4v) is 3.90. The average molecular weight is 311 g/mol. The molecule has 1 atom stereocenters. The van der Waals surface area contributed by atoms with Gasteiger partial charge in [-0.15, -0.1) is 11.3 Å². The molecule has 1 unspecified atom stereocenters. The third-order valence-corrected chi connectivity index (χ3v) is 5.23. The number of ether oxygens (including phenoxy) is 1. The minimum atomic E-state index is -0.882. The van der Waals surface area contributed by atoms with E-state index in [1.165, 1.54) is 30.6 Å². The van der Waals surface area contributed by atoms with Crippen molar-refractivity contribution >= 4 is 17.3 Å². The van der Waals surface area contributed by atoms with Gasteiger partial charge in [0, 0.05) is 10.9 Å². The zero-order chi connectivity index (χ0) is 15.2. The van der Waals surface area contributed by atoms with Crippen LogP contribution in [0.4, 0.5) is 0 Å². The predicted molar refractivity (Wildman–Crippen MR) is 85.7 cm³/mol. The molecule has 0 aliphatic carbocycles. The van der Waals surface area contributed by atoms with Crippen LogP contribution in [-0.4, -0.2) is 42.2 Å². The van der Waals surface area contributed by atoms with Crippen LogP contribution in [0.2, 0.25) is 0 Å². The molecule has 0 saturated carbocycles. The van der Waals surface area contributed by atoms with Crippen molar-refractivity contribution in [1.82, 2.24) is 4.90 Å². The summed E-state index contributed by atoms with van der Waals surface area (Å²) >= 11 is 1.34. The Morgan fingerprint density at radius 2 is 2.33 bits per heavy atom. The summed E-state index contributed by atoms with van der Waals surface area (Å²) in [4.78, 5) is 15.1. The quantitative estimate of drug-likeness (QED) is 0.835. The lowest BCUT2D eigenvalue weighted by atomic mass is 10.0. The molecule has 0 amide bonds. The predicted octanol–water partition coefficient (Wildman–Crippen LogP) is 3.65. The topological polar surface area (TPSA) is 49.8 Å². The Kier molecular flexibility index (Phi) is 6.06. The van der Waals surface area contributed by atoms with Crippen molar-refractivity contribution in [3.05, 3.63) is 15.8 Å². The normalized spacial score (nSPS) is 19.6. The summed E-state index contributed by atoms with van der Waals surface area (Å²) in [7, 11) is 2.16. The number of carbonyl (C=O) groups is 1. The smallest absolute Gasteiger partial charge is 0.349 e. The summed E-state index contributed by atoms with van der Waals surface area (Å²) < 4.78 is 5.78. The van der Waals surface area contributed by atoms with E-state index in [1.54, 1.807) is 0 Å². The van der Waals surface area contributed by atoms with Crippen LogP contribution in [0, 0.1) is 0 Å². The molecular formula is C16H25NO3S. The minimum absolute atomic E-state index is 0.343. The number of carboxylic acids is 1. The van der Waals surface area contributed by atoms with Gasteiger partial charge in [-0.1, -0.05) is 19.8 Å². The van der Waals surface area contributed by atoms with Crippen LogP contribution in [0.3, 0.4) is 0 Å². The van der Waals surface area contributed by atoms with Gasteiger partial charge in [-0.3, -0.25) is 0 Å². The third-order valence-electron chi connectivity index (χ3n) is 4.07. The van der Waals surface area contributed by atoms with Gasteiger partial charge in [0.1, 0.15) is 5.75 Å². The number of aromatic carboxylic acids is 1. The van der Waals surface area contributed by atoms with Crippen LogP contribution in [0.25, 0.3) is 0 Å². The number of piperidine rings is 1. The van der Waals surface area contributed by atoms with Crippen LogP contribution in [0.1, 0.15) is 53.6 Å². The molecule has 2 rings (SSSR count). The summed E-state index contributed by atoms with van der Waals surface area (Å²) in [5.74, 6) is -0.332. The van der Waals surface area contributed by atoms with Crippen molar-refractivity contribution in [2.75, 3.05) is 20.2 Å². The number of carboxylic acid groups (broad SMARTS) is 1. The summed E-state index contributed by atoms with van der Waals surface area (Å²) in [6.07, 6.45) is 6.69.